The standard InChI is InChI=1S/C18H28N6O2/c1-6-24(9-7-8-19)16(26)11-20-14-10-15(25)22(4)18(14)17-12(2)21-23(5)13(17)3/h14,18,20H,6-7,9-11H2,1-5H3/t14-,18-/m1/s1. The maximum absolute atomic E-state index is 12.4. The number of rotatable bonds is 7. The van der Waals surface area contributed by atoms with Crippen LogP contribution in [0.1, 0.15) is 42.8 Å². The molecule has 1 aromatic rings. The van der Waals surface area contributed by atoms with Crippen LogP contribution in [0.5, 0.6) is 0 Å². The van der Waals surface area contributed by atoms with Gasteiger partial charge >= 0.3 is 0 Å². The first-order chi connectivity index (χ1) is 12.3. The molecule has 8 nitrogen and oxygen atoms in total. The van der Waals surface area contributed by atoms with Crippen molar-refractivity contribution in [1.82, 2.24) is 24.9 Å². The van der Waals surface area contributed by atoms with Gasteiger partial charge in [-0.15, -0.1) is 0 Å². The number of nitrogens with one attached hydrogen (secondary N) is 1. The van der Waals surface area contributed by atoms with Crippen molar-refractivity contribution in [2.45, 2.75) is 45.7 Å². The van der Waals surface area contributed by atoms with Gasteiger partial charge in [0.25, 0.3) is 0 Å². The molecule has 2 heterocycles. The zero-order valence-electron chi connectivity index (χ0n) is 16.2. The summed E-state index contributed by atoms with van der Waals surface area (Å²) in [5.74, 6) is 0.00237. The fourth-order valence-electron chi connectivity index (χ4n) is 3.64. The Balaban J connectivity index is 2.13. The molecule has 0 spiro atoms. The predicted molar refractivity (Wildman–Crippen MR) is 97.1 cm³/mol. The molecule has 1 N–H and O–H groups in total. The van der Waals surface area contributed by atoms with E-state index in [1.807, 2.05) is 32.5 Å². The van der Waals surface area contributed by atoms with E-state index >= 15 is 0 Å². The van der Waals surface area contributed by atoms with E-state index < -0.39 is 0 Å². The van der Waals surface area contributed by atoms with Gasteiger partial charge in [-0.2, -0.15) is 10.4 Å². The number of amides is 2. The average molecular weight is 360 g/mol. The molecule has 2 amide bonds. The fourth-order valence-corrected chi connectivity index (χ4v) is 3.64. The third-order valence-electron chi connectivity index (χ3n) is 5.19. The molecule has 0 radical (unpaired) electrons. The van der Waals surface area contributed by atoms with Crippen LogP contribution < -0.4 is 5.32 Å². The molecule has 0 bridgehead atoms. The maximum Gasteiger partial charge on any atom is 0.236 e. The number of nitrogens with zero attached hydrogens (tertiary/aromatic N) is 5. The number of likely N-dealkylation sites (N-methyl/N-ethyl adjacent to an activating group) is 2. The Kier molecular flexibility index (Phi) is 6.37. The monoisotopic (exact) mass is 360 g/mol. The minimum absolute atomic E-state index is 0.0527. The van der Waals surface area contributed by atoms with Crippen LogP contribution >= 0.6 is 0 Å². The lowest BCUT2D eigenvalue weighted by Gasteiger charge is -2.27. The summed E-state index contributed by atoms with van der Waals surface area (Å²) in [5, 5.41) is 16.5. The van der Waals surface area contributed by atoms with Gasteiger partial charge in [0.15, 0.2) is 0 Å². The van der Waals surface area contributed by atoms with Crippen LogP contribution in [-0.2, 0) is 16.6 Å². The molecule has 1 aromatic heterocycles. The van der Waals surface area contributed by atoms with Gasteiger partial charge in [0.05, 0.1) is 30.8 Å². The number of aryl methyl sites for hydroxylation is 2. The van der Waals surface area contributed by atoms with Crippen LogP contribution in [0.25, 0.3) is 0 Å². The molecule has 1 aliphatic heterocycles. The highest BCUT2D eigenvalue weighted by Gasteiger charge is 2.41. The predicted octanol–water partition coefficient (Wildman–Crippen LogP) is 0.661. The molecule has 2 atom stereocenters. The van der Waals surface area contributed by atoms with Crippen molar-refractivity contribution < 1.29 is 9.59 Å². The van der Waals surface area contributed by atoms with E-state index in [1.54, 1.807) is 16.8 Å². The second-order valence-corrected chi connectivity index (χ2v) is 6.73. The largest absolute Gasteiger partial charge is 0.341 e. The summed E-state index contributed by atoms with van der Waals surface area (Å²) >= 11 is 0. The molecule has 2 rings (SSSR count). The second-order valence-electron chi connectivity index (χ2n) is 6.73. The van der Waals surface area contributed by atoms with Crippen LogP contribution in [0.4, 0.5) is 0 Å². The van der Waals surface area contributed by atoms with E-state index in [0.717, 1.165) is 17.0 Å². The number of carbonyl (C=O) groups excluding carboxylic acids is 2. The van der Waals surface area contributed by atoms with Crippen LogP contribution in [0, 0.1) is 25.2 Å². The van der Waals surface area contributed by atoms with Gasteiger partial charge in [-0.3, -0.25) is 14.3 Å². The molecule has 1 saturated heterocycles. The number of hydrogen-bond donors (Lipinski definition) is 1. The van der Waals surface area contributed by atoms with Gasteiger partial charge in [0.1, 0.15) is 0 Å². The lowest BCUT2D eigenvalue weighted by molar-refractivity contribution is -0.130. The molecule has 8 heteroatoms. The Morgan fingerprint density at radius 1 is 1.42 bits per heavy atom. The summed E-state index contributed by atoms with van der Waals surface area (Å²) in [5.41, 5.74) is 2.97. The van der Waals surface area contributed by atoms with Crippen molar-refractivity contribution in [3.63, 3.8) is 0 Å². The van der Waals surface area contributed by atoms with Crippen molar-refractivity contribution >= 4 is 11.8 Å². The van der Waals surface area contributed by atoms with Crippen LogP contribution in [0.15, 0.2) is 0 Å². The first-order valence-corrected chi connectivity index (χ1v) is 8.95. The summed E-state index contributed by atoms with van der Waals surface area (Å²) in [6, 6.07) is 1.78. The third kappa shape index (κ3) is 3.88. The summed E-state index contributed by atoms with van der Waals surface area (Å²) in [7, 11) is 3.69. The van der Waals surface area contributed by atoms with Crippen molar-refractivity contribution in [1.29, 1.82) is 5.26 Å². The van der Waals surface area contributed by atoms with Gasteiger partial charge in [0.2, 0.25) is 11.8 Å². The number of nitriles is 1. The lowest BCUT2D eigenvalue weighted by Crippen LogP contribution is -2.43. The van der Waals surface area contributed by atoms with Gasteiger partial charge in [-0.25, -0.2) is 0 Å². The van der Waals surface area contributed by atoms with Crippen molar-refractivity contribution in [2.24, 2.45) is 7.05 Å². The van der Waals surface area contributed by atoms with E-state index in [1.165, 1.54) is 0 Å². The van der Waals surface area contributed by atoms with E-state index in [9.17, 15) is 9.59 Å². The first kappa shape index (κ1) is 19.9. The quantitative estimate of drug-likeness (QED) is 0.771. The second kappa shape index (κ2) is 8.32. The van der Waals surface area contributed by atoms with E-state index in [0.29, 0.717) is 25.9 Å². The van der Waals surface area contributed by atoms with E-state index in [-0.39, 0.29) is 30.4 Å². The minimum atomic E-state index is -0.146. The molecule has 0 aromatic carbocycles. The summed E-state index contributed by atoms with van der Waals surface area (Å²) < 4.78 is 1.82. The number of hydrogen-bond acceptors (Lipinski definition) is 5. The topological polar surface area (TPSA) is 94.3 Å². The third-order valence-corrected chi connectivity index (χ3v) is 5.19. The Labute approximate surface area is 154 Å². The summed E-state index contributed by atoms with van der Waals surface area (Å²) in [4.78, 5) is 28.1. The molecule has 0 aliphatic carbocycles. The molecule has 1 fully saturated rings. The smallest absolute Gasteiger partial charge is 0.236 e. The highest BCUT2D eigenvalue weighted by Crippen LogP contribution is 2.35. The molecular formula is C18H28N6O2. The van der Waals surface area contributed by atoms with Crippen LogP contribution in [0.2, 0.25) is 0 Å². The summed E-state index contributed by atoms with van der Waals surface area (Å²) in [6.45, 7) is 6.99. The number of likely N-dealkylation sites (tertiary alicyclic amines) is 1. The van der Waals surface area contributed by atoms with Gasteiger partial charge in [-0.1, -0.05) is 0 Å². The van der Waals surface area contributed by atoms with E-state index in [4.69, 9.17) is 5.26 Å². The summed E-state index contributed by atoms with van der Waals surface area (Å²) in [6.07, 6.45) is 0.674. The lowest BCUT2D eigenvalue weighted by atomic mass is 9.98. The molecule has 1 aliphatic rings. The zero-order chi connectivity index (χ0) is 19.4. The highest BCUT2D eigenvalue weighted by atomic mass is 16.2. The zero-order valence-corrected chi connectivity index (χ0v) is 16.2. The fraction of sp³-hybridized carbons (Fsp3) is 0.667. The molecule has 0 unspecified atom stereocenters. The van der Waals surface area contributed by atoms with Crippen molar-refractivity contribution in [3.8, 4) is 6.07 Å². The van der Waals surface area contributed by atoms with Crippen LogP contribution in [-0.4, -0.2) is 64.1 Å². The average Bonchev–Trinajstić information content (AvgIpc) is 3.02. The van der Waals surface area contributed by atoms with Crippen LogP contribution in [0.3, 0.4) is 0 Å². The van der Waals surface area contributed by atoms with Crippen molar-refractivity contribution in [3.05, 3.63) is 17.0 Å². The minimum Gasteiger partial charge on any atom is -0.341 e. The van der Waals surface area contributed by atoms with Gasteiger partial charge in [0, 0.05) is 50.9 Å². The Bertz CT molecular complexity index is 720. The molecule has 26 heavy (non-hydrogen) atoms. The number of carbonyl (C=O) groups is 2. The Morgan fingerprint density at radius 3 is 2.65 bits per heavy atom. The normalized spacial score (nSPS) is 19.7. The molecular weight excluding hydrogens is 332 g/mol. The molecule has 142 valence electrons. The SMILES string of the molecule is CCN(CCC#N)C(=O)CN[C@@H]1CC(=O)N(C)[C@H]1c1c(C)nn(C)c1C. The Morgan fingerprint density at radius 2 is 2.12 bits per heavy atom. The number of aromatic nitrogens is 2. The van der Waals surface area contributed by atoms with Gasteiger partial charge < -0.3 is 15.1 Å². The highest BCUT2D eigenvalue weighted by molar-refractivity contribution is 5.81. The Hall–Kier alpha value is -2.40. The van der Waals surface area contributed by atoms with Crippen molar-refractivity contribution in [2.75, 3.05) is 26.7 Å². The van der Waals surface area contributed by atoms with Gasteiger partial charge in [-0.05, 0) is 20.8 Å². The van der Waals surface area contributed by atoms with E-state index in [2.05, 4.69) is 16.5 Å². The first-order valence-electron chi connectivity index (χ1n) is 8.95. The molecule has 0 saturated carbocycles. The maximum atomic E-state index is 12.4.